The third-order valence-corrected chi connectivity index (χ3v) is 5.10. The van der Waals surface area contributed by atoms with E-state index in [0.29, 0.717) is 31.7 Å². The Morgan fingerprint density at radius 2 is 1.71 bits per heavy atom. The molecule has 1 fully saturated rings. The van der Waals surface area contributed by atoms with Crippen molar-refractivity contribution in [1.82, 2.24) is 4.90 Å². The summed E-state index contributed by atoms with van der Waals surface area (Å²) in [4.78, 5) is 28.0. The van der Waals surface area contributed by atoms with E-state index in [1.807, 2.05) is 63.2 Å². The standard InChI is InChI=1S/C23H28N2O3/c1-4-28-20-12-10-19(11-13-20)24-21(26)23(14-15-23)22(27)25(17(2)3)16-18-8-6-5-7-9-18/h5-13,17H,4,14-16H2,1-3H3,(H,24,26). The lowest BCUT2D eigenvalue weighted by atomic mass is 10.0. The van der Waals surface area contributed by atoms with Gasteiger partial charge >= 0.3 is 0 Å². The van der Waals surface area contributed by atoms with E-state index >= 15 is 0 Å². The predicted molar refractivity (Wildman–Crippen MR) is 110 cm³/mol. The molecule has 1 aliphatic rings. The number of hydrogen-bond donors (Lipinski definition) is 1. The first-order chi connectivity index (χ1) is 13.5. The van der Waals surface area contributed by atoms with Crippen LogP contribution in [0.1, 0.15) is 39.2 Å². The van der Waals surface area contributed by atoms with Crippen LogP contribution in [-0.2, 0) is 16.1 Å². The van der Waals surface area contributed by atoms with Crippen molar-refractivity contribution in [2.75, 3.05) is 11.9 Å². The lowest BCUT2D eigenvalue weighted by Gasteiger charge is -2.30. The summed E-state index contributed by atoms with van der Waals surface area (Å²) in [5.41, 5.74) is 0.788. The molecule has 0 aliphatic heterocycles. The van der Waals surface area contributed by atoms with Gasteiger partial charge in [0.25, 0.3) is 0 Å². The van der Waals surface area contributed by atoms with Crippen LogP contribution in [0.5, 0.6) is 5.75 Å². The summed E-state index contributed by atoms with van der Waals surface area (Å²) >= 11 is 0. The summed E-state index contributed by atoms with van der Waals surface area (Å²) < 4.78 is 5.42. The molecule has 2 amide bonds. The Morgan fingerprint density at radius 1 is 1.07 bits per heavy atom. The zero-order valence-electron chi connectivity index (χ0n) is 16.8. The topological polar surface area (TPSA) is 58.6 Å². The van der Waals surface area contributed by atoms with Crippen molar-refractivity contribution >= 4 is 17.5 Å². The van der Waals surface area contributed by atoms with Gasteiger partial charge in [0.05, 0.1) is 6.61 Å². The van der Waals surface area contributed by atoms with Gasteiger partial charge in [-0.15, -0.1) is 0 Å². The number of ether oxygens (including phenoxy) is 1. The smallest absolute Gasteiger partial charge is 0.240 e. The van der Waals surface area contributed by atoms with Gasteiger partial charge in [-0.25, -0.2) is 0 Å². The molecule has 2 aromatic carbocycles. The van der Waals surface area contributed by atoms with Gasteiger partial charge < -0.3 is 15.0 Å². The van der Waals surface area contributed by atoms with Gasteiger partial charge in [0.15, 0.2) is 0 Å². The maximum atomic E-state index is 13.3. The molecule has 0 aromatic heterocycles. The molecule has 148 valence electrons. The number of nitrogens with zero attached hydrogens (tertiary/aromatic N) is 1. The van der Waals surface area contributed by atoms with Gasteiger partial charge in [0.1, 0.15) is 11.2 Å². The number of carbonyl (C=O) groups is 2. The summed E-state index contributed by atoms with van der Waals surface area (Å²) in [6, 6.07) is 17.1. The fraction of sp³-hybridized carbons (Fsp3) is 0.391. The molecule has 0 spiro atoms. The van der Waals surface area contributed by atoms with E-state index in [2.05, 4.69) is 5.32 Å². The minimum absolute atomic E-state index is 0.0171. The third-order valence-electron chi connectivity index (χ3n) is 5.10. The number of benzene rings is 2. The molecule has 0 bridgehead atoms. The summed E-state index contributed by atoms with van der Waals surface area (Å²) in [7, 11) is 0. The minimum atomic E-state index is -0.947. The van der Waals surface area contributed by atoms with Crippen molar-refractivity contribution in [2.45, 2.75) is 46.2 Å². The van der Waals surface area contributed by atoms with Gasteiger partial charge in [-0.3, -0.25) is 9.59 Å². The van der Waals surface area contributed by atoms with Crippen LogP contribution in [-0.4, -0.2) is 29.4 Å². The average molecular weight is 380 g/mol. The Balaban J connectivity index is 1.71. The van der Waals surface area contributed by atoms with Crippen LogP contribution in [0.2, 0.25) is 0 Å². The molecule has 0 radical (unpaired) electrons. The van der Waals surface area contributed by atoms with E-state index in [9.17, 15) is 9.59 Å². The Kier molecular flexibility index (Phi) is 6.02. The monoisotopic (exact) mass is 380 g/mol. The van der Waals surface area contributed by atoms with Crippen LogP contribution in [0.3, 0.4) is 0 Å². The Hall–Kier alpha value is -2.82. The van der Waals surface area contributed by atoms with Gasteiger partial charge in [-0.1, -0.05) is 30.3 Å². The first kappa shape index (κ1) is 19.9. The van der Waals surface area contributed by atoms with E-state index in [0.717, 1.165) is 11.3 Å². The lowest BCUT2D eigenvalue weighted by molar-refractivity contribution is -0.144. The highest BCUT2D eigenvalue weighted by atomic mass is 16.5. The van der Waals surface area contributed by atoms with Crippen LogP contribution in [0.15, 0.2) is 54.6 Å². The second-order valence-corrected chi connectivity index (χ2v) is 7.51. The fourth-order valence-electron chi connectivity index (χ4n) is 3.26. The summed E-state index contributed by atoms with van der Waals surface area (Å²) in [6.07, 6.45) is 1.18. The van der Waals surface area contributed by atoms with E-state index in [1.54, 1.807) is 17.0 Å². The molecule has 0 unspecified atom stereocenters. The lowest BCUT2D eigenvalue weighted by Crippen LogP contribution is -2.45. The highest BCUT2D eigenvalue weighted by Gasteiger charge is 2.58. The predicted octanol–water partition coefficient (Wildman–Crippen LogP) is 4.24. The fourth-order valence-corrected chi connectivity index (χ4v) is 3.26. The molecule has 1 saturated carbocycles. The minimum Gasteiger partial charge on any atom is -0.494 e. The van der Waals surface area contributed by atoms with Gasteiger partial charge in [-0.05, 0) is 63.4 Å². The maximum absolute atomic E-state index is 13.3. The van der Waals surface area contributed by atoms with Crippen molar-refractivity contribution < 1.29 is 14.3 Å². The van der Waals surface area contributed by atoms with Crippen LogP contribution in [0.25, 0.3) is 0 Å². The molecule has 5 nitrogen and oxygen atoms in total. The second-order valence-electron chi connectivity index (χ2n) is 7.51. The number of hydrogen-bond acceptors (Lipinski definition) is 3. The Bertz CT molecular complexity index is 812. The zero-order chi connectivity index (χ0) is 20.1. The molecule has 0 heterocycles. The van der Waals surface area contributed by atoms with E-state index in [4.69, 9.17) is 4.74 Å². The van der Waals surface area contributed by atoms with Crippen LogP contribution in [0.4, 0.5) is 5.69 Å². The SMILES string of the molecule is CCOc1ccc(NC(=O)C2(C(=O)N(Cc3ccccc3)C(C)C)CC2)cc1. The van der Waals surface area contributed by atoms with Gasteiger partial charge in [-0.2, -0.15) is 0 Å². The molecule has 0 saturated heterocycles. The van der Waals surface area contributed by atoms with Crippen LogP contribution in [0, 0.1) is 5.41 Å². The summed E-state index contributed by atoms with van der Waals surface area (Å²) in [5.74, 6) is 0.446. The number of rotatable bonds is 8. The normalized spacial score (nSPS) is 14.4. The van der Waals surface area contributed by atoms with Crippen molar-refractivity contribution in [2.24, 2.45) is 5.41 Å². The quantitative estimate of drug-likeness (QED) is 0.697. The Morgan fingerprint density at radius 3 is 2.25 bits per heavy atom. The number of carbonyl (C=O) groups excluding carboxylic acids is 2. The van der Waals surface area contributed by atoms with Crippen LogP contribution >= 0.6 is 0 Å². The molecule has 5 heteroatoms. The molecule has 3 rings (SSSR count). The van der Waals surface area contributed by atoms with Gasteiger partial charge in [0.2, 0.25) is 11.8 Å². The number of amides is 2. The van der Waals surface area contributed by atoms with Crippen molar-refractivity contribution in [3.8, 4) is 5.75 Å². The van der Waals surface area contributed by atoms with Crippen molar-refractivity contribution in [3.63, 3.8) is 0 Å². The maximum Gasteiger partial charge on any atom is 0.240 e. The van der Waals surface area contributed by atoms with Crippen molar-refractivity contribution in [3.05, 3.63) is 60.2 Å². The molecule has 1 N–H and O–H groups in total. The molecule has 0 atom stereocenters. The average Bonchev–Trinajstić information content (AvgIpc) is 3.50. The van der Waals surface area contributed by atoms with Gasteiger partial charge in [0, 0.05) is 18.3 Å². The largest absolute Gasteiger partial charge is 0.494 e. The highest BCUT2D eigenvalue weighted by molar-refractivity contribution is 6.13. The number of nitrogens with one attached hydrogen (secondary N) is 1. The van der Waals surface area contributed by atoms with E-state index in [-0.39, 0.29) is 17.9 Å². The van der Waals surface area contributed by atoms with Crippen molar-refractivity contribution in [1.29, 1.82) is 0 Å². The first-order valence-corrected chi connectivity index (χ1v) is 9.85. The zero-order valence-corrected chi connectivity index (χ0v) is 16.8. The first-order valence-electron chi connectivity index (χ1n) is 9.85. The molecular formula is C23H28N2O3. The Labute approximate surface area is 166 Å². The van der Waals surface area contributed by atoms with E-state index in [1.165, 1.54) is 0 Å². The van der Waals surface area contributed by atoms with Crippen LogP contribution < -0.4 is 10.1 Å². The molecule has 1 aliphatic carbocycles. The summed E-state index contributed by atoms with van der Waals surface area (Å²) in [6.45, 7) is 7.00. The second kappa shape index (κ2) is 8.46. The molecular weight excluding hydrogens is 352 g/mol. The molecule has 2 aromatic rings. The number of anilines is 1. The summed E-state index contributed by atoms with van der Waals surface area (Å²) in [5, 5.41) is 2.91. The highest BCUT2D eigenvalue weighted by Crippen LogP contribution is 2.48. The molecule has 28 heavy (non-hydrogen) atoms. The third kappa shape index (κ3) is 4.35. The van der Waals surface area contributed by atoms with E-state index < -0.39 is 5.41 Å².